The van der Waals surface area contributed by atoms with Crippen molar-refractivity contribution in [1.29, 1.82) is 0 Å². The molecule has 4 heterocycles. The van der Waals surface area contributed by atoms with E-state index in [1.807, 2.05) is 17.7 Å². The lowest BCUT2D eigenvalue weighted by molar-refractivity contribution is 0.166. The maximum atomic E-state index is 12.0. The molecule has 9 heteroatoms. The standard InChI is InChI=1S/C15H19N7O2/c1-2-13(23)12-6-11-8-20(3-4-21(11)19-12)7-10-5-14(24)22-15(18-10)16-9-17-22/h5-6,9,13,23H,2-4,7-8H2,1H3,(H,16,17,18)/t13-/m1/s1. The van der Waals surface area contributed by atoms with Crippen LogP contribution in [-0.2, 0) is 19.6 Å². The molecule has 1 aliphatic rings. The predicted molar refractivity (Wildman–Crippen MR) is 85.2 cm³/mol. The van der Waals surface area contributed by atoms with Gasteiger partial charge in [0.1, 0.15) is 6.33 Å². The fourth-order valence-electron chi connectivity index (χ4n) is 3.03. The minimum Gasteiger partial charge on any atom is -0.387 e. The van der Waals surface area contributed by atoms with Gasteiger partial charge in [-0.05, 0) is 12.5 Å². The molecule has 0 spiro atoms. The fourth-order valence-corrected chi connectivity index (χ4v) is 3.03. The normalized spacial score (nSPS) is 16.4. The van der Waals surface area contributed by atoms with E-state index in [0.29, 0.717) is 31.0 Å². The van der Waals surface area contributed by atoms with Gasteiger partial charge in [-0.3, -0.25) is 19.5 Å². The molecule has 4 rings (SSSR count). The summed E-state index contributed by atoms with van der Waals surface area (Å²) >= 11 is 0. The van der Waals surface area contributed by atoms with Crippen LogP contribution < -0.4 is 5.56 Å². The Balaban J connectivity index is 1.53. The maximum absolute atomic E-state index is 12.0. The topological polar surface area (TPSA) is 104 Å². The van der Waals surface area contributed by atoms with E-state index in [4.69, 9.17) is 0 Å². The van der Waals surface area contributed by atoms with E-state index in [1.165, 1.54) is 16.9 Å². The summed E-state index contributed by atoms with van der Waals surface area (Å²) in [5, 5.41) is 17.1. The molecule has 1 aliphatic heterocycles. The van der Waals surface area contributed by atoms with Crippen molar-refractivity contribution in [2.45, 2.75) is 39.1 Å². The van der Waals surface area contributed by atoms with Crippen molar-refractivity contribution in [3.63, 3.8) is 0 Å². The summed E-state index contributed by atoms with van der Waals surface area (Å²) in [5.41, 5.74) is 2.33. The number of H-pyrrole nitrogens is 1. The smallest absolute Gasteiger partial charge is 0.274 e. The minimum absolute atomic E-state index is 0.164. The number of hydrogen-bond acceptors (Lipinski definition) is 6. The number of nitrogens with one attached hydrogen (secondary N) is 1. The third kappa shape index (κ3) is 2.61. The monoisotopic (exact) mass is 329 g/mol. The number of aliphatic hydroxyl groups excluding tert-OH is 1. The highest BCUT2D eigenvalue weighted by atomic mass is 16.3. The van der Waals surface area contributed by atoms with E-state index in [-0.39, 0.29) is 5.56 Å². The van der Waals surface area contributed by atoms with Crippen LogP contribution in [0.25, 0.3) is 5.78 Å². The highest BCUT2D eigenvalue weighted by Crippen LogP contribution is 2.20. The second kappa shape index (κ2) is 5.84. The van der Waals surface area contributed by atoms with Gasteiger partial charge in [-0.15, -0.1) is 0 Å². The molecular weight excluding hydrogens is 310 g/mol. The fraction of sp³-hybridized carbons (Fsp3) is 0.467. The second-order valence-corrected chi connectivity index (χ2v) is 6.03. The quantitative estimate of drug-likeness (QED) is 0.702. The summed E-state index contributed by atoms with van der Waals surface area (Å²) in [6, 6.07) is 3.49. The van der Waals surface area contributed by atoms with E-state index in [9.17, 15) is 9.90 Å². The SMILES string of the molecule is CC[C@@H](O)c1cc2n(n1)CCN(Cc1cc(=O)n3[nH]cnc3n1)C2. The van der Waals surface area contributed by atoms with Crippen LogP contribution in [0.3, 0.4) is 0 Å². The molecule has 0 aliphatic carbocycles. The molecule has 0 saturated carbocycles. The van der Waals surface area contributed by atoms with Gasteiger partial charge >= 0.3 is 0 Å². The number of aliphatic hydroxyl groups is 1. The summed E-state index contributed by atoms with van der Waals surface area (Å²) in [5.74, 6) is 0.382. The third-order valence-electron chi connectivity index (χ3n) is 4.33. The number of hydrogen-bond donors (Lipinski definition) is 2. The molecule has 3 aromatic rings. The zero-order valence-electron chi connectivity index (χ0n) is 13.4. The first-order chi connectivity index (χ1) is 11.6. The summed E-state index contributed by atoms with van der Waals surface area (Å²) < 4.78 is 3.26. The molecule has 0 saturated heterocycles. The molecule has 2 N–H and O–H groups in total. The predicted octanol–water partition coefficient (Wildman–Crippen LogP) is 0.0733. The molecule has 0 aromatic carbocycles. The van der Waals surface area contributed by atoms with Crippen molar-refractivity contribution in [3.05, 3.63) is 45.9 Å². The van der Waals surface area contributed by atoms with Gasteiger partial charge in [-0.2, -0.15) is 9.61 Å². The van der Waals surface area contributed by atoms with Crippen LogP contribution in [0, 0.1) is 0 Å². The zero-order chi connectivity index (χ0) is 16.7. The average Bonchev–Trinajstić information content (AvgIpc) is 3.20. The van der Waals surface area contributed by atoms with Crippen molar-refractivity contribution in [3.8, 4) is 0 Å². The second-order valence-electron chi connectivity index (χ2n) is 6.03. The molecule has 1 atom stereocenters. The van der Waals surface area contributed by atoms with E-state index in [2.05, 4.69) is 25.1 Å². The minimum atomic E-state index is -0.514. The van der Waals surface area contributed by atoms with Crippen molar-refractivity contribution in [2.75, 3.05) is 6.54 Å². The Kier molecular flexibility index (Phi) is 3.66. The van der Waals surface area contributed by atoms with Crippen molar-refractivity contribution in [2.24, 2.45) is 0 Å². The van der Waals surface area contributed by atoms with Crippen molar-refractivity contribution in [1.82, 2.24) is 34.3 Å². The van der Waals surface area contributed by atoms with Gasteiger partial charge in [-0.1, -0.05) is 6.92 Å². The summed E-state index contributed by atoms with van der Waals surface area (Å²) in [6.07, 6.45) is 1.59. The third-order valence-corrected chi connectivity index (χ3v) is 4.33. The van der Waals surface area contributed by atoms with Crippen LogP contribution >= 0.6 is 0 Å². The van der Waals surface area contributed by atoms with Crippen LogP contribution in [-0.4, -0.2) is 45.9 Å². The van der Waals surface area contributed by atoms with Gasteiger partial charge < -0.3 is 5.11 Å². The van der Waals surface area contributed by atoms with E-state index >= 15 is 0 Å². The number of aromatic amines is 1. The van der Waals surface area contributed by atoms with Crippen LogP contribution in [0.4, 0.5) is 0 Å². The highest BCUT2D eigenvalue weighted by molar-refractivity contribution is 5.26. The Morgan fingerprint density at radius 1 is 1.38 bits per heavy atom. The molecule has 0 fully saturated rings. The van der Waals surface area contributed by atoms with Crippen molar-refractivity contribution < 1.29 is 5.11 Å². The average molecular weight is 329 g/mol. The van der Waals surface area contributed by atoms with Crippen LogP contribution in [0.15, 0.2) is 23.3 Å². The lowest BCUT2D eigenvalue weighted by atomic mass is 10.2. The lowest BCUT2D eigenvalue weighted by Crippen LogP contribution is -2.34. The maximum Gasteiger partial charge on any atom is 0.274 e. The summed E-state index contributed by atoms with van der Waals surface area (Å²) in [4.78, 5) is 22.7. The first-order valence-corrected chi connectivity index (χ1v) is 8.03. The van der Waals surface area contributed by atoms with Gasteiger partial charge in [-0.25, -0.2) is 9.97 Å². The Morgan fingerprint density at radius 2 is 2.25 bits per heavy atom. The molecule has 0 amide bonds. The Morgan fingerprint density at radius 3 is 3.08 bits per heavy atom. The van der Waals surface area contributed by atoms with Gasteiger partial charge in [0.05, 0.1) is 29.7 Å². The number of aromatic nitrogens is 6. The largest absolute Gasteiger partial charge is 0.387 e. The molecular formula is C15H19N7O2. The van der Waals surface area contributed by atoms with Gasteiger partial charge in [0.15, 0.2) is 0 Å². The summed E-state index contributed by atoms with van der Waals surface area (Å²) in [7, 11) is 0. The first kappa shape index (κ1) is 15.0. The number of fused-ring (bicyclic) bond motifs is 2. The number of rotatable bonds is 4. The van der Waals surface area contributed by atoms with E-state index < -0.39 is 6.10 Å². The molecule has 0 radical (unpaired) electrons. The summed E-state index contributed by atoms with van der Waals surface area (Å²) in [6.45, 7) is 4.80. The highest BCUT2D eigenvalue weighted by Gasteiger charge is 2.21. The molecule has 3 aromatic heterocycles. The Bertz CT molecular complexity index is 925. The van der Waals surface area contributed by atoms with Gasteiger partial charge in [0.25, 0.3) is 11.3 Å². The van der Waals surface area contributed by atoms with Crippen LogP contribution in [0.1, 0.15) is 36.5 Å². The molecule has 24 heavy (non-hydrogen) atoms. The first-order valence-electron chi connectivity index (χ1n) is 8.03. The Hall–Kier alpha value is -2.52. The Labute approximate surface area is 137 Å². The van der Waals surface area contributed by atoms with Crippen LogP contribution in [0.5, 0.6) is 0 Å². The lowest BCUT2D eigenvalue weighted by Gasteiger charge is -2.26. The van der Waals surface area contributed by atoms with Crippen molar-refractivity contribution >= 4 is 5.78 Å². The van der Waals surface area contributed by atoms with E-state index in [1.54, 1.807) is 0 Å². The zero-order valence-corrected chi connectivity index (χ0v) is 13.4. The molecule has 0 bridgehead atoms. The van der Waals surface area contributed by atoms with Gasteiger partial charge in [0.2, 0.25) is 0 Å². The van der Waals surface area contributed by atoms with Crippen LogP contribution in [0.2, 0.25) is 0 Å². The molecule has 126 valence electrons. The number of nitrogens with zero attached hydrogens (tertiary/aromatic N) is 6. The van der Waals surface area contributed by atoms with Gasteiger partial charge in [0, 0.05) is 25.7 Å². The van der Waals surface area contributed by atoms with E-state index in [0.717, 1.165) is 24.5 Å². The molecule has 0 unspecified atom stereocenters. The molecule has 9 nitrogen and oxygen atoms in total.